The number of nitrogens with two attached hydrogens (primary N) is 1. The molecule has 1 spiro atoms. The zero-order valence-electron chi connectivity index (χ0n) is 13.4. The second-order valence-electron chi connectivity index (χ2n) is 7.79. The second kappa shape index (κ2) is 5.58. The largest absolute Gasteiger partial charge is 0.375 e. The van der Waals surface area contributed by atoms with Crippen LogP contribution in [0.5, 0.6) is 0 Å². The summed E-state index contributed by atoms with van der Waals surface area (Å²) < 4.78 is 5.95. The Hall–Kier alpha value is -0.120. The van der Waals surface area contributed by atoms with Crippen molar-refractivity contribution in [1.82, 2.24) is 4.90 Å². The maximum absolute atomic E-state index is 6.24. The minimum atomic E-state index is 0.206. The van der Waals surface area contributed by atoms with Gasteiger partial charge in [0, 0.05) is 12.1 Å². The van der Waals surface area contributed by atoms with Gasteiger partial charge in [-0.3, -0.25) is 4.90 Å². The van der Waals surface area contributed by atoms with Crippen LogP contribution in [0.1, 0.15) is 65.2 Å². The molecular weight excluding hydrogens is 248 g/mol. The molecule has 2 aliphatic heterocycles. The van der Waals surface area contributed by atoms with Crippen LogP contribution in [0.15, 0.2) is 0 Å². The lowest BCUT2D eigenvalue weighted by molar-refractivity contribution is -0.113. The molecule has 2 saturated heterocycles. The summed E-state index contributed by atoms with van der Waals surface area (Å²) in [4.78, 5) is 2.73. The Balaban J connectivity index is 1.68. The van der Waals surface area contributed by atoms with Crippen LogP contribution >= 0.6 is 0 Å². The summed E-state index contributed by atoms with van der Waals surface area (Å²) in [7, 11) is 0. The maximum atomic E-state index is 6.24. The average molecular weight is 280 g/mol. The van der Waals surface area contributed by atoms with Crippen LogP contribution < -0.4 is 5.73 Å². The quantitative estimate of drug-likeness (QED) is 0.845. The molecule has 2 heterocycles. The van der Waals surface area contributed by atoms with Gasteiger partial charge < -0.3 is 10.5 Å². The second-order valence-corrected chi connectivity index (χ2v) is 7.79. The Kier molecular flexibility index (Phi) is 4.13. The first-order valence-corrected chi connectivity index (χ1v) is 8.68. The number of piperidine rings is 1. The lowest BCUT2D eigenvalue weighted by Crippen LogP contribution is -2.62. The van der Waals surface area contributed by atoms with Crippen LogP contribution in [-0.2, 0) is 4.74 Å². The highest BCUT2D eigenvalue weighted by molar-refractivity contribution is 5.01. The van der Waals surface area contributed by atoms with Gasteiger partial charge in [0.1, 0.15) is 0 Å². The van der Waals surface area contributed by atoms with Gasteiger partial charge in [-0.05, 0) is 70.9 Å². The average Bonchev–Trinajstić information content (AvgIpc) is 2.86. The fourth-order valence-corrected chi connectivity index (χ4v) is 5.28. The molecule has 0 aromatic heterocycles. The van der Waals surface area contributed by atoms with Crippen molar-refractivity contribution in [1.29, 1.82) is 0 Å². The van der Waals surface area contributed by atoms with Crippen molar-refractivity contribution in [3.05, 3.63) is 0 Å². The van der Waals surface area contributed by atoms with Gasteiger partial charge in [0.15, 0.2) is 0 Å². The molecule has 1 aliphatic carbocycles. The summed E-state index contributed by atoms with van der Waals surface area (Å²) in [6, 6.07) is 0. The minimum Gasteiger partial charge on any atom is -0.375 e. The molecule has 0 amide bonds. The molecule has 20 heavy (non-hydrogen) atoms. The number of rotatable bonds is 2. The predicted octanol–water partition coefficient (Wildman–Crippen LogP) is 2.93. The fourth-order valence-electron chi connectivity index (χ4n) is 5.28. The zero-order chi connectivity index (χ0) is 14.2. The maximum Gasteiger partial charge on any atom is 0.0568 e. The summed E-state index contributed by atoms with van der Waals surface area (Å²) in [6.07, 6.45) is 11.6. The van der Waals surface area contributed by atoms with Gasteiger partial charge in [0.2, 0.25) is 0 Å². The van der Waals surface area contributed by atoms with E-state index in [1.54, 1.807) is 0 Å². The molecule has 0 radical (unpaired) electrons. The van der Waals surface area contributed by atoms with Crippen LogP contribution in [0.4, 0.5) is 0 Å². The van der Waals surface area contributed by atoms with E-state index in [2.05, 4.69) is 18.7 Å². The molecule has 3 aliphatic rings. The van der Waals surface area contributed by atoms with Gasteiger partial charge in [0.05, 0.1) is 12.2 Å². The van der Waals surface area contributed by atoms with Gasteiger partial charge in [0.25, 0.3) is 0 Å². The normalized spacial score (nSPS) is 42.1. The number of nitrogens with zero attached hydrogens (tertiary/aromatic N) is 1. The van der Waals surface area contributed by atoms with Gasteiger partial charge in [-0.2, -0.15) is 0 Å². The first-order valence-electron chi connectivity index (χ1n) is 8.68. The van der Waals surface area contributed by atoms with E-state index in [1.807, 2.05) is 0 Å². The molecule has 2 atom stereocenters. The molecule has 0 bridgehead atoms. The molecule has 2 N–H and O–H groups in total. The highest BCUT2D eigenvalue weighted by Gasteiger charge is 2.46. The van der Waals surface area contributed by atoms with Crippen molar-refractivity contribution in [2.75, 3.05) is 19.6 Å². The van der Waals surface area contributed by atoms with Crippen molar-refractivity contribution in [2.45, 2.75) is 83.0 Å². The molecule has 3 fully saturated rings. The van der Waals surface area contributed by atoms with Crippen LogP contribution in [0.25, 0.3) is 0 Å². The lowest BCUT2D eigenvalue weighted by Gasteiger charge is -2.53. The van der Waals surface area contributed by atoms with E-state index in [0.29, 0.717) is 17.6 Å². The molecule has 0 aromatic carbocycles. The van der Waals surface area contributed by atoms with Crippen LogP contribution in [0.2, 0.25) is 0 Å². The van der Waals surface area contributed by atoms with Crippen LogP contribution in [0.3, 0.4) is 0 Å². The molecule has 116 valence electrons. The van der Waals surface area contributed by atoms with Crippen molar-refractivity contribution in [3.63, 3.8) is 0 Å². The van der Waals surface area contributed by atoms with E-state index in [-0.39, 0.29) is 5.54 Å². The van der Waals surface area contributed by atoms with Gasteiger partial charge in [-0.15, -0.1) is 0 Å². The summed E-state index contributed by atoms with van der Waals surface area (Å²) in [5.41, 5.74) is 7.15. The molecular formula is C17H32N2O. The molecule has 3 rings (SSSR count). The van der Waals surface area contributed by atoms with Crippen LogP contribution in [0, 0.1) is 5.41 Å². The minimum absolute atomic E-state index is 0.206. The number of ether oxygens (including phenoxy) is 1. The highest BCUT2D eigenvalue weighted by atomic mass is 16.5. The smallest absolute Gasteiger partial charge is 0.0568 e. The highest BCUT2D eigenvalue weighted by Crippen LogP contribution is 2.48. The third kappa shape index (κ3) is 2.65. The first-order chi connectivity index (χ1) is 9.57. The third-order valence-corrected chi connectivity index (χ3v) is 6.34. The van der Waals surface area contributed by atoms with Crippen molar-refractivity contribution >= 4 is 0 Å². The molecule has 3 heteroatoms. The van der Waals surface area contributed by atoms with E-state index in [9.17, 15) is 0 Å². The Morgan fingerprint density at radius 3 is 2.05 bits per heavy atom. The van der Waals surface area contributed by atoms with E-state index < -0.39 is 0 Å². The third-order valence-electron chi connectivity index (χ3n) is 6.34. The number of hydrogen-bond acceptors (Lipinski definition) is 3. The summed E-state index contributed by atoms with van der Waals surface area (Å²) in [5.74, 6) is 0. The topological polar surface area (TPSA) is 38.5 Å². The van der Waals surface area contributed by atoms with E-state index in [1.165, 1.54) is 51.6 Å². The molecule has 3 nitrogen and oxygen atoms in total. The Bertz CT molecular complexity index is 318. The van der Waals surface area contributed by atoms with Crippen molar-refractivity contribution < 1.29 is 4.74 Å². The molecule has 0 aromatic rings. The van der Waals surface area contributed by atoms with Gasteiger partial charge in [-0.25, -0.2) is 0 Å². The predicted molar refractivity (Wildman–Crippen MR) is 82.7 cm³/mol. The number of hydrogen-bond donors (Lipinski definition) is 1. The summed E-state index contributed by atoms with van der Waals surface area (Å²) in [6.45, 7) is 7.73. The van der Waals surface area contributed by atoms with Crippen molar-refractivity contribution in [2.24, 2.45) is 11.1 Å². The Morgan fingerprint density at radius 2 is 1.55 bits per heavy atom. The van der Waals surface area contributed by atoms with Gasteiger partial charge >= 0.3 is 0 Å². The Labute approximate surface area is 124 Å². The van der Waals surface area contributed by atoms with E-state index >= 15 is 0 Å². The zero-order valence-corrected chi connectivity index (χ0v) is 13.4. The van der Waals surface area contributed by atoms with E-state index in [4.69, 9.17) is 10.5 Å². The standard InChI is InChI=1S/C17H32N2O/c1-14-11-17(13-18,12-15(2)20-14)19-9-7-16(8-10-19)5-3-4-6-16/h14-15H,3-13,18H2,1-2H3. The number of likely N-dealkylation sites (tertiary alicyclic amines) is 1. The summed E-state index contributed by atoms with van der Waals surface area (Å²) >= 11 is 0. The molecule has 2 unspecified atom stereocenters. The lowest BCUT2D eigenvalue weighted by atomic mass is 9.74. The van der Waals surface area contributed by atoms with Gasteiger partial charge in [-0.1, -0.05) is 12.8 Å². The summed E-state index contributed by atoms with van der Waals surface area (Å²) in [5, 5.41) is 0. The fraction of sp³-hybridized carbons (Fsp3) is 1.00. The van der Waals surface area contributed by atoms with E-state index in [0.717, 1.165) is 19.4 Å². The first kappa shape index (κ1) is 14.8. The molecule has 1 saturated carbocycles. The Morgan fingerprint density at radius 1 is 1.00 bits per heavy atom. The van der Waals surface area contributed by atoms with Crippen LogP contribution in [-0.4, -0.2) is 42.3 Å². The van der Waals surface area contributed by atoms with Crippen molar-refractivity contribution in [3.8, 4) is 0 Å². The SMILES string of the molecule is CC1CC(CN)(N2CCC3(CCCC3)CC2)CC(C)O1. The monoisotopic (exact) mass is 280 g/mol.